The van der Waals surface area contributed by atoms with Crippen LogP contribution in [0.2, 0.25) is 0 Å². The first-order chi connectivity index (χ1) is 16.3. The van der Waals surface area contributed by atoms with Crippen LogP contribution in [-0.4, -0.2) is 26.4 Å². The van der Waals surface area contributed by atoms with Gasteiger partial charge in [-0.05, 0) is 42.2 Å². The molecule has 1 aliphatic carbocycles. The Labute approximate surface area is 209 Å². The highest BCUT2D eigenvalue weighted by Crippen LogP contribution is 2.36. The molecule has 1 amide bonds. The number of rotatable bonds is 5. The van der Waals surface area contributed by atoms with Crippen LogP contribution in [0.5, 0.6) is 0 Å². The molecule has 0 saturated heterocycles. The van der Waals surface area contributed by atoms with Crippen molar-refractivity contribution in [2.24, 2.45) is 7.05 Å². The van der Waals surface area contributed by atoms with Gasteiger partial charge in [-0.1, -0.05) is 69.6 Å². The van der Waals surface area contributed by atoms with Crippen molar-refractivity contribution in [3.63, 3.8) is 0 Å². The predicted molar refractivity (Wildman–Crippen MR) is 139 cm³/mol. The number of nitrogens with zero attached hydrogens (tertiary/aromatic N) is 4. The summed E-state index contributed by atoms with van der Waals surface area (Å²) < 4.78 is 1.92. The van der Waals surface area contributed by atoms with Crippen molar-refractivity contribution in [1.82, 2.24) is 14.8 Å². The molecule has 2 heterocycles. The minimum atomic E-state index is -0.130. The summed E-state index contributed by atoms with van der Waals surface area (Å²) in [7, 11) is 1.92. The lowest BCUT2D eigenvalue weighted by atomic mass is 9.87. The summed E-state index contributed by atoms with van der Waals surface area (Å²) in [6.45, 7) is 6.58. The van der Waals surface area contributed by atoms with E-state index in [2.05, 4.69) is 66.6 Å². The molecule has 0 atom stereocenters. The number of carbonyl (C=O) groups excluding carboxylic acids is 1. The second kappa shape index (κ2) is 10.3. The first-order valence-electron chi connectivity index (χ1n) is 11.8. The standard InChI is InChI=1S/C26H31N5OS2/c1-26(2,3)18-13-11-17(12-14-18)23-29-30-25(31(23)4)33-16-22(32)28-24-20(15-27)19-9-7-5-6-8-10-21(19)34-24/h11-14H,5-10,16H2,1-4H3,(H,28,32). The summed E-state index contributed by atoms with van der Waals surface area (Å²) in [5.41, 5.74) is 4.15. The van der Waals surface area contributed by atoms with Crippen molar-refractivity contribution >= 4 is 34.0 Å². The van der Waals surface area contributed by atoms with Gasteiger partial charge < -0.3 is 9.88 Å². The van der Waals surface area contributed by atoms with E-state index in [0.29, 0.717) is 15.7 Å². The molecule has 0 aliphatic heterocycles. The maximum absolute atomic E-state index is 12.7. The van der Waals surface area contributed by atoms with Crippen LogP contribution in [0, 0.1) is 11.3 Å². The van der Waals surface area contributed by atoms with E-state index in [-0.39, 0.29) is 17.1 Å². The Morgan fingerprint density at radius 2 is 1.85 bits per heavy atom. The number of fused-ring (bicyclic) bond motifs is 1. The summed E-state index contributed by atoms with van der Waals surface area (Å²) in [6, 6.07) is 10.7. The lowest BCUT2D eigenvalue weighted by Gasteiger charge is -2.19. The summed E-state index contributed by atoms with van der Waals surface area (Å²) in [5, 5.41) is 22.7. The van der Waals surface area contributed by atoms with Gasteiger partial charge >= 0.3 is 0 Å². The van der Waals surface area contributed by atoms with E-state index in [9.17, 15) is 10.1 Å². The maximum atomic E-state index is 12.7. The number of amides is 1. The minimum absolute atomic E-state index is 0.0957. The smallest absolute Gasteiger partial charge is 0.235 e. The summed E-state index contributed by atoms with van der Waals surface area (Å²) >= 11 is 2.92. The number of hydrogen-bond donors (Lipinski definition) is 1. The predicted octanol–water partition coefficient (Wildman–Crippen LogP) is 6.10. The second-order valence-corrected chi connectivity index (χ2v) is 11.8. The summed E-state index contributed by atoms with van der Waals surface area (Å²) in [6.07, 6.45) is 6.62. The molecule has 3 aromatic rings. The molecule has 0 radical (unpaired) electrons. The van der Waals surface area contributed by atoms with Crippen molar-refractivity contribution in [2.75, 3.05) is 11.1 Å². The lowest BCUT2D eigenvalue weighted by Crippen LogP contribution is -2.14. The Kier molecular flexibility index (Phi) is 7.44. The normalized spacial score (nSPS) is 14.1. The molecule has 0 bridgehead atoms. The van der Waals surface area contributed by atoms with Crippen molar-refractivity contribution in [3.8, 4) is 17.5 Å². The zero-order valence-corrected chi connectivity index (χ0v) is 21.9. The van der Waals surface area contributed by atoms with Gasteiger partial charge in [0.1, 0.15) is 11.1 Å². The third-order valence-corrected chi connectivity index (χ3v) is 8.44. The zero-order valence-electron chi connectivity index (χ0n) is 20.3. The number of nitriles is 1. The van der Waals surface area contributed by atoms with Crippen LogP contribution >= 0.6 is 23.1 Å². The van der Waals surface area contributed by atoms with Crippen molar-refractivity contribution in [1.29, 1.82) is 5.26 Å². The molecule has 34 heavy (non-hydrogen) atoms. The minimum Gasteiger partial charge on any atom is -0.316 e. The van der Waals surface area contributed by atoms with Crippen LogP contribution in [0.1, 0.15) is 68.0 Å². The molecular formula is C26H31N5OS2. The number of thioether (sulfide) groups is 1. The number of aromatic nitrogens is 3. The molecule has 2 aromatic heterocycles. The highest BCUT2D eigenvalue weighted by molar-refractivity contribution is 7.99. The Morgan fingerprint density at radius 1 is 1.15 bits per heavy atom. The Hall–Kier alpha value is -2.63. The van der Waals surface area contributed by atoms with E-state index >= 15 is 0 Å². The lowest BCUT2D eigenvalue weighted by molar-refractivity contribution is -0.113. The number of nitrogens with one attached hydrogen (secondary N) is 1. The summed E-state index contributed by atoms with van der Waals surface area (Å²) in [5.74, 6) is 0.852. The van der Waals surface area contributed by atoms with Gasteiger partial charge in [0.25, 0.3) is 0 Å². The second-order valence-electron chi connectivity index (χ2n) is 9.76. The average Bonchev–Trinajstić information content (AvgIpc) is 3.30. The molecule has 4 rings (SSSR count). The van der Waals surface area contributed by atoms with E-state index < -0.39 is 0 Å². The topological polar surface area (TPSA) is 83.6 Å². The Morgan fingerprint density at radius 3 is 2.53 bits per heavy atom. The van der Waals surface area contributed by atoms with Crippen LogP contribution in [0.25, 0.3) is 11.4 Å². The molecule has 1 aromatic carbocycles. The maximum Gasteiger partial charge on any atom is 0.235 e. The van der Waals surface area contributed by atoms with Crippen LogP contribution in [0.3, 0.4) is 0 Å². The van der Waals surface area contributed by atoms with Crippen LogP contribution in [0.15, 0.2) is 29.4 Å². The third-order valence-electron chi connectivity index (χ3n) is 6.21. The molecule has 0 spiro atoms. The van der Waals surface area contributed by atoms with E-state index in [1.165, 1.54) is 35.0 Å². The van der Waals surface area contributed by atoms with E-state index in [1.54, 1.807) is 11.3 Å². The highest BCUT2D eigenvalue weighted by Gasteiger charge is 2.21. The fourth-order valence-electron chi connectivity index (χ4n) is 4.23. The third kappa shape index (κ3) is 5.37. The van der Waals surface area contributed by atoms with Crippen LogP contribution in [0.4, 0.5) is 5.00 Å². The quantitative estimate of drug-likeness (QED) is 0.434. The van der Waals surface area contributed by atoms with Gasteiger partial charge in [0.2, 0.25) is 5.91 Å². The zero-order chi connectivity index (χ0) is 24.3. The first kappa shape index (κ1) is 24.5. The summed E-state index contributed by atoms with van der Waals surface area (Å²) in [4.78, 5) is 14.0. The first-order valence-corrected chi connectivity index (χ1v) is 13.6. The molecule has 0 fully saturated rings. The molecular weight excluding hydrogens is 462 g/mol. The fourth-order valence-corrected chi connectivity index (χ4v) is 6.20. The van der Waals surface area contributed by atoms with Gasteiger partial charge in [-0.2, -0.15) is 5.26 Å². The number of benzene rings is 1. The van der Waals surface area contributed by atoms with Crippen molar-refractivity contribution in [2.45, 2.75) is 69.9 Å². The van der Waals surface area contributed by atoms with Gasteiger partial charge in [-0.25, -0.2) is 0 Å². The molecule has 1 N–H and O–H groups in total. The van der Waals surface area contributed by atoms with E-state index in [0.717, 1.165) is 42.6 Å². The van der Waals surface area contributed by atoms with Gasteiger partial charge in [0, 0.05) is 17.5 Å². The van der Waals surface area contributed by atoms with Crippen molar-refractivity contribution < 1.29 is 4.79 Å². The molecule has 0 unspecified atom stereocenters. The van der Waals surface area contributed by atoms with Gasteiger partial charge in [-0.3, -0.25) is 4.79 Å². The van der Waals surface area contributed by atoms with Crippen LogP contribution < -0.4 is 5.32 Å². The molecule has 1 aliphatic rings. The SMILES string of the molecule is Cn1c(SCC(=O)Nc2sc3c(c2C#N)CCCCCC3)nnc1-c1ccc(C(C)(C)C)cc1. The number of thiophene rings is 1. The molecule has 0 saturated carbocycles. The number of aryl methyl sites for hydroxylation is 1. The van der Waals surface area contributed by atoms with Gasteiger partial charge in [-0.15, -0.1) is 21.5 Å². The largest absolute Gasteiger partial charge is 0.316 e. The average molecular weight is 494 g/mol. The van der Waals surface area contributed by atoms with Gasteiger partial charge in [0.05, 0.1) is 11.3 Å². The number of carbonyl (C=O) groups is 1. The molecule has 6 nitrogen and oxygen atoms in total. The van der Waals surface area contributed by atoms with Gasteiger partial charge in [0.15, 0.2) is 11.0 Å². The van der Waals surface area contributed by atoms with E-state index in [1.807, 2.05) is 11.6 Å². The highest BCUT2D eigenvalue weighted by atomic mass is 32.2. The number of anilines is 1. The Balaban J connectivity index is 1.42. The monoisotopic (exact) mass is 493 g/mol. The molecule has 8 heteroatoms. The van der Waals surface area contributed by atoms with E-state index in [4.69, 9.17) is 0 Å². The fraction of sp³-hybridized carbons (Fsp3) is 0.462. The Bertz CT molecular complexity index is 1210. The van der Waals surface area contributed by atoms with Crippen LogP contribution in [-0.2, 0) is 30.1 Å². The number of hydrogen-bond acceptors (Lipinski definition) is 6. The van der Waals surface area contributed by atoms with Crippen molar-refractivity contribution in [3.05, 3.63) is 45.8 Å². The molecule has 178 valence electrons.